The van der Waals surface area contributed by atoms with Crippen molar-refractivity contribution >= 4 is 11.6 Å². The van der Waals surface area contributed by atoms with Crippen molar-refractivity contribution in [1.82, 2.24) is 0 Å². The molecule has 3 aromatic carbocycles. The second kappa shape index (κ2) is 7.62. The van der Waals surface area contributed by atoms with Gasteiger partial charge in [0, 0.05) is 11.3 Å². The molecule has 0 saturated heterocycles. The number of rotatable bonds is 5. The summed E-state index contributed by atoms with van der Waals surface area (Å²) in [5.74, 6) is -0.778. The molecule has 1 amide bonds. The Bertz CT molecular complexity index is 865. The lowest BCUT2D eigenvalue weighted by Gasteiger charge is -2.17. The summed E-state index contributed by atoms with van der Waals surface area (Å²) < 4.78 is 19.1. The van der Waals surface area contributed by atoms with Gasteiger partial charge in [-0.25, -0.2) is 4.39 Å². The maximum absolute atomic E-state index is 13.7. The normalized spacial score (nSPS) is 11.6. The molecule has 0 unspecified atom stereocenters. The van der Waals surface area contributed by atoms with Crippen molar-refractivity contribution in [3.8, 4) is 16.9 Å². The summed E-state index contributed by atoms with van der Waals surface area (Å²) in [6.07, 6.45) is -0.833. The van der Waals surface area contributed by atoms with Crippen LogP contribution in [0, 0.1) is 5.82 Å². The third-order valence-electron chi connectivity index (χ3n) is 3.78. The maximum Gasteiger partial charge on any atom is 0.265 e. The number of ether oxygens (including phenoxy) is 1. The maximum atomic E-state index is 13.7. The summed E-state index contributed by atoms with van der Waals surface area (Å²) in [5.41, 5.74) is 2.60. The number of hydrogen-bond acceptors (Lipinski definition) is 2. The monoisotopic (exact) mass is 335 g/mol. The number of carbonyl (C=O) groups excluding carboxylic acids is 1. The van der Waals surface area contributed by atoms with Crippen LogP contribution in [0.2, 0.25) is 0 Å². The average Bonchev–Trinajstić information content (AvgIpc) is 2.64. The molecule has 1 N–H and O–H groups in total. The molecule has 0 aliphatic rings. The molecular weight excluding hydrogens is 317 g/mol. The Morgan fingerprint density at radius 3 is 2.32 bits per heavy atom. The largest absolute Gasteiger partial charge is 0.478 e. The third-order valence-corrected chi connectivity index (χ3v) is 3.78. The minimum Gasteiger partial charge on any atom is -0.478 e. The minimum atomic E-state index is -0.833. The van der Waals surface area contributed by atoms with Crippen molar-refractivity contribution < 1.29 is 13.9 Å². The molecule has 25 heavy (non-hydrogen) atoms. The van der Waals surface area contributed by atoms with E-state index < -0.39 is 11.9 Å². The zero-order valence-corrected chi connectivity index (χ0v) is 13.8. The van der Waals surface area contributed by atoms with E-state index in [0.29, 0.717) is 5.69 Å². The van der Waals surface area contributed by atoms with Gasteiger partial charge in [-0.1, -0.05) is 60.7 Å². The highest BCUT2D eigenvalue weighted by atomic mass is 19.1. The third kappa shape index (κ3) is 4.04. The highest BCUT2D eigenvalue weighted by molar-refractivity contribution is 5.98. The summed E-state index contributed by atoms with van der Waals surface area (Å²) in [5, 5.41) is 2.86. The fraction of sp³-hybridized carbons (Fsp3) is 0.0952. The van der Waals surface area contributed by atoms with Crippen molar-refractivity contribution in [3.63, 3.8) is 0 Å². The number of carbonyl (C=O) groups is 1. The minimum absolute atomic E-state index is 0.0569. The van der Waals surface area contributed by atoms with Gasteiger partial charge in [-0.2, -0.15) is 0 Å². The van der Waals surface area contributed by atoms with Crippen LogP contribution in [0.15, 0.2) is 78.9 Å². The quantitative estimate of drug-likeness (QED) is 0.720. The molecule has 0 spiro atoms. The van der Waals surface area contributed by atoms with Gasteiger partial charge in [0.15, 0.2) is 17.7 Å². The van der Waals surface area contributed by atoms with Gasteiger partial charge in [-0.05, 0) is 30.7 Å². The second-order valence-corrected chi connectivity index (χ2v) is 5.59. The first-order valence-corrected chi connectivity index (χ1v) is 8.01. The molecule has 0 aromatic heterocycles. The average molecular weight is 335 g/mol. The molecule has 3 rings (SSSR count). The molecule has 4 heteroatoms. The van der Waals surface area contributed by atoms with E-state index in [2.05, 4.69) is 5.32 Å². The molecule has 1 atom stereocenters. The van der Waals surface area contributed by atoms with Crippen LogP contribution in [0.4, 0.5) is 10.1 Å². The fourth-order valence-electron chi connectivity index (χ4n) is 2.48. The predicted molar refractivity (Wildman–Crippen MR) is 97.0 cm³/mol. The Labute approximate surface area is 146 Å². The molecule has 0 aliphatic carbocycles. The van der Waals surface area contributed by atoms with E-state index in [1.807, 2.05) is 54.6 Å². The number of para-hydroxylation sites is 2. The number of benzene rings is 3. The number of amides is 1. The molecule has 0 radical (unpaired) electrons. The second-order valence-electron chi connectivity index (χ2n) is 5.59. The van der Waals surface area contributed by atoms with Crippen LogP contribution >= 0.6 is 0 Å². The van der Waals surface area contributed by atoms with Crippen LogP contribution in [-0.2, 0) is 4.79 Å². The lowest BCUT2D eigenvalue weighted by molar-refractivity contribution is -0.122. The van der Waals surface area contributed by atoms with Crippen LogP contribution in [-0.4, -0.2) is 12.0 Å². The Morgan fingerprint density at radius 2 is 1.56 bits per heavy atom. The van der Waals surface area contributed by atoms with Gasteiger partial charge < -0.3 is 10.1 Å². The Morgan fingerprint density at radius 1 is 0.920 bits per heavy atom. The van der Waals surface area contributed by atoms with E-state index in [1.165, 1.54) is 12.1 Å². The molecule has 0 heterocycles. The highest BCUT2D eigenvalue weighted by Crippen LogP contribution is 2.28. The first-order chi connectivity index (χ1) is 12.1. The van der Waals surface area contributed by atoms with Crippen LogP contribution in [0.1, 0.15) is 6.92 Å². The van der Waals surface area contributed by atoms with Gasteiger partial charge in [0.05, 0.1) is 0 Å². The Balaban J connectivity index is 1.76. The molecule has 126 valence electrons. The predicted octanol–water partition coefficient (Wildman–Crippen LogP) is 4.90. The molecule has 0 aliphatic heterocycles. The SMILES string of the molecule is C[C@@H](Oc1ccccc1F)C(=O)Nc1ccccc1-c1ccccc1. The first kappa shape index (κ1) is 16.7. The molecule has 0 saturated carbocycles. The van der Waals surface area contributed by atoms with Crippen molar-refractivity contribution in [2.45, 2.75) is 13.0 Å². The fourth-order valence-corrected chi connectivity index (χ4v) is 2.48. The van der Waals surface area contributed by atoms with Gasteiger partial charge in [0.2, 0.25) is 0 Å². The van der Waals surface area contributed by atoms with Gasteiger partial charge >= 0.3 is 0 Å². The summed E-state index contributed by atoms with van der Waals surface area (Å²) in [7, 11) is 0. The van der Waals surface area contributed by atoms with Crippen molar-refractivity contribution in [2.24, 2.45) is 0 Å². The number of nitrogens with one attached hydrogen (secondary N) is 1. The standard InChI is InChI=1S/C21H18FNO2/c1-15(25-20-14-8-6-12-18(20)22)21(24)23-19-13-7-5-11-17(19)16-9-3-2-4-10-16/h2-15H,1H3,(H,23,24)/t15-/m1/s1. The van der Waals surface area contributed by atoms with Crippen molar-refractivity contribution in [2.75, 3.05) is 5.32 Å². The zero-order chi connectivity index (χ0) is 17.6. The molecule has 3 aromatic rings. The first-order valence-electron chi connectivity index (χ1n) is 8.01. The summed E-state index contributed by atoms with van der Waals surface area (Å²) in [4.78, 5) is 12.5. The topological polar surface area (TPSA) is 38.3 Å². The number of halogens is 1. The van der Waals surface area contributed by atoms with E-state index in [4.69, 9.17) is 4.74 Å². The van der Waals surface area contributed by atoms with Crippen LogP contribution in [0.5, 0.6) is 5.75 Å². The summed E-state index contributed by atoms with van der Waals surface area (Å²) in [6.45, 7) is 1.59. The van der Waals surface area contributed by atoms with E-state index in [-0.39, 0.29) is 11.7 Å². The number of anilines is 1. The summed E-state index contributed by atoms with van der Waals surface area (Å²) in [6, 6.07) is 23.3. The van der Waals surface area contributed by atoms with Crippen molar-refractivity contribution in [3.05, 3.63) is 84.7 Å². The van der Waals surface area contributed by atoms with E-state index >= 15 is 0 Å². The smallest absolute Gasteiger partial charge is 0.265 e. The number of hydrogen-bond donors (Lipinski definition) is 1. The van der Waals surface area contributed by atoms with Gasteiger partial charge in [0.1, 0.15) is 0 Å². The van der Waals surface area contributed by atoms with Crippen molar-refractivity contribution in [1.29, 1.82) is 0 Å². The molecule has 0 bridgehead atoms. The van der Waals surface area contributed by atoms with Crippen LogP contribution < -0.4 is 10.1 Å². The zero-order valence-electron chi connectivity index (χ0n) is 13.8. The summed E-state index contributed by atoms with van der Waals surface area (Å²) >= 11 is 0. The Kier molecular flexibility index (Phi) is 5.09. The van der Waals surface area contributed by atoms with E-state index in [9.17, 15) is 9.18 Å². The molecular formula is C21H18FNO2. The lowest BCUT2D eigenvalue weighted by atomic mass is 10.0. The van der Waals surface area contributed by atoms with Gasteiger partial charge in [0.25, 0.3) is 5.91 Å². The Hall–Kier alpha value is -3.14. The molecule has 0 fully saturated rings. The highest BCUT2D eigenvalue weighted by Gasteiger charge is 2.18. The lowest BCUT2D eigenvalue weighted by Crippen LogP contribution is -2.30. The van der Waals surface area contributed by atoms with Gasteiger partial charge in [-0.15, -0.1) is 0 Å². The van der Waals surface area contributed by atoms with E-state index in [0.717, 1.165) is 11.1 Å². The van der Waals surface area contributed by atoms with E-state index in [1.54, 1.807) is 19.1 Å². The molecule has 3 nitrogen and oxygen atoms in total. The van der Waals surface area contributed by atoms with Crippen LogP contribution in [0.3, 0.4) is 0 Å². The van der Waals surface area contributed by atoms with Gasteiger partial charge in [-0.3, -0.25) is 4.79 Å². The van der Waals surface area contributed by atoms with Crippen LogP contribution in [0.25, 0.3) is 11.1 Å².